The molecule has 5 atom stereocenters. The lowest BCUT2D eigenvalue weighted by Crippen LogP contribution is -2.58. The number of ether oxygens (including phenoxy) is 1. The highest BCUT2D eigenvalue weighted by atomic mass is 16.5. The fraction of sp³-hybridized carbons (Fsp3) is 0.600. The minimum atomic E-state index is -1.11. The first-order valence-electron chi connectivity index (χ1n) is 13.9. The number of amides is 2. The van der Waals surface area contributed by atoms with Crippen LogP contribution in [0.1, 0.15) is 66.7 Å². The molecule has 0 radical (unpaired) electrons. The number of aliphatic hydroxyl groups is 2. The van der Waals surface area contributed by atoms with Crippen LogP contribution in [0, 0.1) is 11.8 Å². The van der Waals surface area contributed by atoms with Gasteiger partial charge in [-0.25, -0.2) is 0 Å². The van der Waals surface area contributed by atoms with E-state index in [0.717, 1.165) is 30.0 Å². The number of fused-ring (bicyclic) bond motifs is 1. The number of hydrogen-bond acceptors (Lipinski definition) is 6. The van der Waals surface area contributed by atoms with E-state index in [9.17, 15) is 19.8 Å². The van der Waals surface area contributed by atoms with Gasteiger partial charge in [-0.2, -0.15) is 0 Å². The number of unbranched alkanes of at least 4 members (excludes halogenated alkanes) is 1. The molecule has 2 aromatic rings. The Hall–Kier alpha value is -2.68. The SMILES string of the molecule is CCCCNC(=O)CC(O)C(CC(C)C)NC(O)[C@@H](NC(=O)COc1ccc2ccccc2c1)[C@@H](C)CC. The molecule has 0 heterocycles. The molecule has 0 fully saturated rings. The van der Waals surface area contributed by atoms with Crippen molar-refractivity contribution in [2.75, 3.05) is 13.2 Å². The van der Waals surface area contributed by atoms with Gasteiger partial charge in [0.25, 0.3) is 5.91 Å². The van der Waals surface area contributed by atoms with Crippen molar-refractivity contribution in [1.29, 1.82) is 0 Å². The third-order valence-corrected chi connectivity index (χ3v) is 6.84. The number of hydrogen-bond donors (Lipinski definition) is 5. The molecule has 3 unspecified atom stereocenters. The van der Waals surface area contributed by atoms with Crippen LogP contribution in [0.4, 0.5) is 0 Å². The third-order valence-electron chi connectivity index (χ3n) is 6.84. The molecule has 0 aliphatic rings. The summed E-state index contributed by atoms with van der Waals surface area (Å²) >= 11 is 0. The number of benzene rings is 2. The van der Waals surface area contributed by atoms with Gasteiger partial charge in [0.05, 0.1) is 18.6 Å². The predicted molar refractivity (Wildman–Crippen MR) is 152 cm³/mol. The molecule has 8 heteroatoms. The Labute approximate surface area is 227 Å². The van der Waals surface area contributed by atoms with E-state index in [1.165, 1.54) is 0 Å². The Bertz CT molecular complexity index is 999. The van der Waals surface area contributed by atoms with Gasteiger partial charge in [-0.3, -0.25) is 14.9 Å². The molecule has 0 bridgehead atoms. The molecule has 2 amide bonds. The molecule has 8 nitrogen and oxygen atoms in total. The summed E-state index contributed by atoms with van der Waals surface area (Å²) in [5, 5.41) is 32.9. The first-order valence-corrected chi connectivity index (χ1v) is 13.9. The lowest BCUT2D eigenvalue weighted by molar-refractivity contribution is -0.125. The van der Waals surface area contributed by atoms with Crippen LogP contribution >= 0.6 is 0 Å². The molecular formula is C30H47N3O5. The highest BCUT2D eigenvalue weighted by Gasteiger charge is 2.31. The smallest absolute Gasteiger partial charge is 0.258 e. The standard InChI is InChI=1S/C30H47N3O5/c1-6-8-15-31-27(35)18-26(34)25(16-20(3)4)32-30(37)29(21(5)7-2)33-28(36)19-38-24-14-13-22-11-9-10-12-23(22)17-24/h9-14,17,20-21,25-26,29-30,32,34,37H,6-8,15-16,18-19H2,1-5H3,(H,31,35)(H,33,36)/t21-,25?,26?,29-,30?/m0/s1. The Morgan fingerprint density at radius 2 is 1.68 bits per heavy atom. The van der Waals surface area contributed by atoms with E-state index in [2.05, 4.69) is 16.0 Å². The van der Waals surface area contributed by atoms with Crippen LogP contribution in [0.25, 0.3) is 10.8 Å². The van der Waals surface area contributed by atoms with Crippen molar-refractivity contribution < 1.29 is 24.5 Å². The first-order chi connectivity index (χ1) is 18.1. The average molecular weight is 530 g/mol. The van der Waals surface area contributed by atoms with Crippen LogP contribution in [0.2, 0.25) is 0 Å². The van der Waals surface area contributed by atoms with Gasteiger partial charge in [-0.05, 0) is 47.6 Å². The summed E-state index contributed by atoms with van der Waals surface area (Å²) in [5.74, 6) is 0.213. The van der Waals surface area contributed by atoms with Gasteiger partial charge in [0, 0.05) is 12.6 Å². The lowest BCUT2D eigenvalue weighted by Gasteiger charge is -2.34. The number of aliphatic hydroxyl groups excluding tert-OH is 2. The topological polar surface area (TPSA) is 120 Å². The van der Waals surface area contributed by atoms with Gasteiger partial charge < -0.3 is 25.6 Å². The summed E-state index contributed by atoms with van der Waals surface area (Å²) in [7, 11) is 0. The number of nitrogens with one attached hydrogen (secondary N) is 3. The zero-order valence-electron chi connectivity index (χ0n) is 23.6. The molecule has 0 saturated heterocycles. The van der Waals surface area contributed by atoms with Gasteiger partial charge in [0.15, 0.2) is 6.61 Å². The lowest BCUT2D eigenvalue weighted by atomic mass is 9.93. The number of carbonyl (C=O) groups is 2. The van der Waals surface area contributed by atoms with E-state index >= 15 is 0 Å². The van der Waals surface area contributed by atoms with Crippen molar-refractivity contribution in [3.05, 3.63) is 42.5 Å². The summed E-state index contributed by atoms with van der Waals surface area (Å²) in [5.41, 5.74) is 0. The van der Waals surface area contributed by atoms with E-state index in [-0.39, 0.29) is 36.7 Å². The van der Waals surface area contributed by atoms with Gasteiger partial charge in [0.1, 0.15) is 12.0 Å². The van der Waals surface area contributed by atoms with Crippen LogP contribution in [0.3, 0.4) is 0 Å². The molecule has 0 aliphatic carbocycles. The molecule has 0 saturated carbocycles. The first kappa shape index (κ1) is 31.5. The Morgan fingerprint density at radius 1 is 0.974 bits per heavy atom. The van der Waals surface area contributed by atoms with E-state index in [1.54, 1.807) is 0 Å². The monoisotopic (exact) mass is 529 g/mol. The second kappa shape index (κ2) is 16.3. The Morgan fingerprint density at radius 3 is 2.34 bits per heavy atom. The van der Waals surface area contributed by atoms with Gasteiger partial charge in [-0.1, -0.05) is 77.8 Å². The number of carbonyl (C=O) groups excluding carboxylic acids is 2. The van der Waals surface area contributed by atoms with Crippen LogP contribution in [-0.4, -0.2) is 59.6 Å². The summed E-state index contributed by atoms with van der Waals surface area (Å²) in [4.78, 5) is 25.1. The van der Waals surface area contributed by atoms with Crippen LogP contribution in [0.5, 0.6) is 5.75 Å². The second-order valence-electron chi connectivity index (χ2n) is 10.6. The van der Waals surface area contributed by atoms with Crippen molar-refractivity contribution in [3.63, 3.8) is 0 Å². The normalized spacial score (nSPS) is 15.5. The second-order valence-corrected chi connectivity index (χ2v) is 10.6. The Balaban J connectivity index is 2.00. The summed E-state index contributed by atoms with van der Waals surface area (Å²) in [6, 6.07) is 12.5. The van der Waals surface area contributed by atoms with Crippen molar-refractivity contribution in [3.8, 4) is 5.75 Å². The molecule has 5 N–H and O–H groups in total. The number of rotatable bonds is 17. The largest absolute Gasteiger partial charge is 0.484 e. The maximum atomic E-state index is 12.8. The van der Waals surface area contributed by atoms with E-state index < -0.39 is 24.4 Å². The van der Waals surface area contributed by atoms with Crippen molar-refractivity contribution >= 4 is 22.6 Å². The quantitative estimate of drug-likeness (QED) is 0.157. The zero-order chi connectivity index (χ0) is 28.1. The molecule has 38 heavy (non-hydrogen) atoms. The molecule has 2 aromatic carbocycles. The highest BCUT2D eigenvalue weighted by molar-refractivity contribution is 5.84. The molecule has 0 spiro atoms. The zero-order valence-corrected chi connectivity index (χ0v) is 23.6. The predicted octanol–water partition coefficient (Wildman–Crippen LogP) is 3.74. The van der Waals surface area contributed by atoms with Crippen LogP contribution in [0.15, 0.2) is 42.5 Å². The maximum Gasteiger partial charge on any atom is 0.258 e. The highest BCUT2D eigenvalue weighted by Crippen LogP contribution is 2.21. The molecular weight excluding hydrogens is 482 g/mol. The van der Waals surface area contributed by atoms with E-state index in [4.69, 9.17) is 4.74 Å². The Kier molecular flexibility index (Phi) is 13.5. The van der Waals surface area contributed by atoms with E-state index in [0.29, 0.717) is 18.7 Å². The van der Waals surface area contributed by atoms with Crippen LogP contribution < -0.4 is 20.7 Å². The summed E-state index contributed by atoms with van der Waals surface area (Å²) in [6.45, 7) is 10.4. The maximum absolute atomic E-state index is 12.8. The average Bonchev–Trinajstić information content (AvgIpc) is 2.89. The van der Waals surface area contributed by atoms with Crippen molar-refractivity contribution in [1.82, 2.24) is 16.0 Å². The summed E-state index contributed by atoms with van der Waals surface area (Å²) in [6.07, 6.45) is 1.01. The molecule has 0 aliphatic heterocycles. The van der Waals surface area contributed by atoms with Crippen molar-refractivity contribution in [2.24, 2.45) is 11.8 Å². The summed E-state index contributed by atoms with van der Waals surface area (Å²) < 4.78 is 5.73. The molecule has 0 aromatic heterocycles. The van der Waals surface area contributed by atoms with Crippen LogP contribution in [-0.2, 0) is 9.59 Å². The van der Waals surface area contributed by atoms with Gasteiger partial charge in [0.2, 0.25) is 5.91 Å². The van der Waals surface area contributed by atoms with Gasteiger partial charge >= 0.3 is 0 Å². The fourth-order valence-electron chi connectivity index (χ4n) is 4.40. The molecule has 2 rings (SSSR count). The van der Waals surface area contributed by atoms with E-state index in [1.807, 2.05) is 77.1 Å². The van der Waals surface area contributed by atoms with Crippen molar-refractivity contribution in [2.45, 2.75) is 91.1 Å². The van der Waals surface area contributed by atoms with Gasteiger partial charge in [-0.15, -0.1) is 0 Å². The fourth-order valence-corrected chi connectivity index (χ4v) is 4.40. The third kappa shape index (κ3) is 10.6. The minimum absolute atomic E-state index is 0.0451. The minimum Gasteiger partial charge on any atom is -0.484 e. The molecule has 212 valence electrons.